The number of alkyl halides is 3. The minimum Gasteiger partial charge on any atom is -0.507 e. The fourth-order valence-electron chi connectivity index (χ4n) is 4.63. The van der Waals surface area contributed by atoms with Gasteiger partial charge >= 0.3 is 6.18 Å². The summed E-state index contributed by atoms with van der Waals surface area (Å²) in [6.07, 6.45) is -4.52. The van der Waals surface area contributed by atoms with Crippen LogP contribution in [0.2, 0.25) is 0 Å². The zero-order valence-corrected chi connectivity index (χ0v) is 20.9. The minimum absolute atomic E-state index is 0.109. The van der Waals surface area contributed by atoms with Crippen LogP contribution in [0.1, 0.15) is 5.69 Å². The third kappa shape index (κ3) is 4.82. The summed E-state index contributed by atoms with van der Waals surface area (Å²) >= 11 is 0. The van der Waals surface area contributed by atoms with Crippen LogP contribution in [0.5, 0.6) is 5.75 Å². The number of nitrogens with one attached hydrogen (secondary N) is 1. The number of phenolic OH excluding ortho intramolecular Hbond substituents is 1. The number of H-pyrrole nitrogens is 1. The monoisotopic (exact) mass is 534 g/mol. The van der Waals surface area contributed by atoms with Crippen molar-refractivity contribution in [3.63, 3.8) is 0 Å². The van der Waals surface area contributed by atoms with Crippen LogP contribution in [-0.4, -0.2) is 25.3 Å². The van der Waals surface area contributed by atoms with Crippen LogP contribution < -0.4 is 0 Å². The number of aromatic nitrogens is 4. The first kappa shape index (κ1) is 25.1. The van der Waals surface area contributed by atoms with Crippen LogP contribution in [0.25, 0.3) is 56.3 Å². The highest BCUT2D eigenvalue weighted by Gasteiger charge is 2.33. The second kappa shape index (κ2) is 10.1. The molecule has 3 heterocycles. The quantitative estimate of drug-likeness (QED) is 0.234. The SMILES string of the molecule is Oc1ccccc1-c1cccc(-c2ccccc2-c2ccccc2-c2cccc(-c3cc(C(F)(F)F)[nH]n3)n2)n1. The van der Waals surface area contributed by atoms with Crippen molar-refractivity contribution in [2.75, 3.05) is 0 Å². The van der Waals surface area contributed by atoms with Gasteiger partial charge in [-0.05, 0) is 53.6 Å². The zero-order valence-electron chi connectivity index (χ0n) is 20.9. The van der Waals surface area contributed by atoms with Crippen molar-refractivity contribution in [2.24, 2.45) is 0 Å². The highest BCUT2D eigenvalue weighted by atomic mass is 19.4. The van der Waals surface area contributed by atoms with Gasteiger partial charge in [-0.2, -0.15) is 18.3 Å². The molecule has 0 saturated heterocycles. The molecule has 0 aliphatic rings. The van der Waals surface area contributed by atoms with Crippen molar-refractivity contribution in [2.45, 2.75) is 6.18 Å². The molecule has 2 N–H and O–H groups in total. The van der Waals surface area contributed by atoms with Crippen molar-refractivity contribution in [1.82, 2.24) is 20.2 Å². The summed E-state index contributed by atoms with van der Waals surface area (Å²) in [5.74, 6) is 0.149. The predicted molar refractivity (Wildman–Crippen MR) is 148 cm³/mol. The Kier molecular flexibility index (Phi) is 6.36. The van der Waals surface area contributed by atoms with Crippen molar-refractivity contribution in [3.8, 4) is 62.0 Å². The van der Waals surface area contributed by atoms with Gasteiger partial charge in [0.2, 0.25) is 0 Å². The molecule has 0 aliphatic carbocycles. The molecule has 3 aromatic carbocycles. The highest BCUT2D eigenvalue weighted by molar-refractivity contribution is 5.90. The highest BCUT2D eigenvalue weighted by Crippen LogP contribution is 2.38. The molecule has 6 aromatic rings. The molecule has 0 bridgehead atoms. The van der Waals surface area contributed by atoms with E-state index in [9.17, 15) is 18.3 Å². The van der Waals surface area contributed by atoms with Gasteiger partial charge in [-0.25, -0.2) is 9.97 Å². The number of halogens is 3. The van der Waals surface area contributed by atoms with E-state index in [4.69, 9.17) is 4.98 Å². The van der Waals surface area contributed by atoms with E-state index in [1.54, 1.807) is 24.3 Å². The lowest BCUT2D eigenvalue weighted by atomic mass is 9.92. The summed E-state index contributed by atoms with van der Waals surface area (Å²) in [7, 11) is 0. The molecule has 0 radical (unpaired) electrons. The molecule has 0 spiro atoms. The molecule has 0 atom stereocenters. The van der Waals surface area contributed by atoms with Gasteiger partial charge in [0.05, 0.1) is 22.8 Å². The molecule has 6 rings (SSSR count). The standard InChI is InChI=1S/C32H21F3N4O/c33-32(34,35)31-19-29(38-39-31)28-17-8-15-26(37-28)23-12-4-2-10-21(23)20-9-1-3-11-22(20)25-14-7-16-27(36-25)24-13-5-6-18-30(24)40/h1-19,40H,(H,38,39). The number of nitrogens with zero attached hydrogens (tertiary/aromatic N) is 3. The van der Waals surface area contributed by atoms with Gasteiger partial charge in [-0.15, -0.1) is 0 Å². The summed E-state index contributed by atoms with van der Waals surface area (Å²) in [6, 6.07) is 34.4. The van der Waals surface area contributed by atoms with Gasteiger partial charge in [0.1, 0.15) is 17.1 Å². The Bertz CT molecular complexity index is 1830. The molecule has 40 heavy (non-hydrogen) atoms. The maximum Gasteiger partial charge on any atom is 0.432 e. The minimum atomic E-state index is -4.52. The van der Waals surface area contributed by atoms with Crippen LogP contribution >= 0.6 is 0 Å². The van der Waals surface area contributed by atoms with Crippen molar-refractivity contribution in [3.05, 3.63) is 121 Å². The van der Waals surface area contributed by atoms with Crippen LogP contribution in [-0.2, 0) is 6.18 Å². The number of benzene rings is 3. The Labute approximate surface area is 227 Å². The van der Waals surface area contributed by atoms with E-state index in [1.807, 2.05) is 90.0 Å². The summed E-state index contributed by atoms with van der Waals surface area (Å²) in [6.45, 7) is 0. The van der Waals surface area contributed by atoms with Gasteiger partial charge in [-0.3, -0.25) is 5.10 Å². The van der Waals surface area contributed by atoms with Crippen molar-refractivity contribution < 1.29 is 18.3 Å². The van der Waals surface area contributed by atoms with E-state index in [1.165, 1.54) is 0 Å². The lowest BCUT2D eigenvalue weighted by molar-refractivity contribution is -0.141. The van der Waals surface area contributed by atoms with E-state index >= 15 is 0 Å². The van der Waals surface area contributed by atoms with E-state index in [0.29, 0.717) is 22.6 Å². The molecule has 0 saturated carbocycles. The molecule has 8 heteroatoms. The zero-order chi connectivity index (χ0) is 27.7. The number of hydrogen-bond donors (Lipinski definition) is 2. The smallest absolute Gasteiger partial charge is 0.432 e. The fourth-order valence-corrected chi connectivity index (χ4v) is 4.63. The topological polar surface area (TPSA) is 74.7 Å². The number of aromatic hydroxyl groups is 1. The van der Waals surface area contributed by atoms with E-state index in [-0.39, 0.29) is 11.4 Å². The number of rotatable bonds is 5. The van der Waals surface area contributed by atoms with E-state index in [2.05, 4.69) is 10.1 Å². The van der Waals surface area contributed by atoms with Crippen LogP contribution in [0.15, 0.2) is 115 Å². The molecule has 0 aliphatic heterocycles. The maximum atomic E-state index is 13.1. The van der Waals surface area contributed by atoms with Gasteiger partial charge in [-0.1, -0.05) is 72.8 Å². The maximum absolute atomic E-state index is 13.1. The second-order valence-electron chi connectivity index (χ2n) is 9.09. The molecule has 0 unspecified atom stereocenters. The Morgan fingerprint density at radius 3 is 1.48 bits per heavy atom. The molecule has 0 amide bonds. The molecule has 3 aromatic heterocycles. The fraction of sp³-hybridized carbons (Fsp3) is 0.0312. The summed E-state index contributed by atoms with van der Waals surface area (Å²) in [4.78, 5) is 9.53. The number of phenols is 1. The summed E-state index contributed by atoms with van der Waals surface area (Å²) in [5, 5.41) is 16.2. The first-order valence-corrected chi connectivity index (χ1v) is 12.4. The van der Waals surface area contributed by atoms with Gasteiger partial charge in [0.15, 0.2) is 0 Å². The third-order valence-corrected chi connectivity index (χ3v) is 6.52. The first-order valence-electron chi connectivity index (χ1n) is 12.4. The van der Waals surface area contributed by atoms with Crippen LogP contribution in [0.4, 0.5) is 13.2 Å². The van der Waals surface area contributed by atoms with Gasteiger partial charge < -0.3 is 5.11 Å². The third-order valence-electron chi connectivity index (χ3n) is 6.52. The van der Waals surface area contributed by atoms with Crippen LogP contribution in [0.3, 0.4) is 0 Å². The number of para-hydroxylation sites is 1. The normalized spacial score (nSPS) is 11.5. The van der Waals surface area contributed by atoms with Gasteiger partial charge in [0.25, 0.3) is 0 Å². The molecule has 5 nitrogen and oxygen atoms in total. The largest absolute Gasteiger partial charge is 0.507 e. The number of pyridine rings is 2. The molecular formula is C32H21F3N4O. The lowest BCUT2D eigenvalue weighted by Gasteiger charge is -2.15. The second-order valence-corrected chi connectivity index (χ2v) is 9.09. The molecule has 196 valence electrons. The number of hydrogen-bond acceptors (Lipinski definition) is 4. The van der Waals surface area contributed by atoms with E-state index in [0.717, 1.165) is 34.0 Å². The first-order chi connectivity index (χ1) is 19.4. The predicted octanol–water partition coefficient (Wildman–Crippen LogP) is 8.26. The average Bonchev–Trinajstić information content (AvgIpc) is 3.49. The molecule has 0 fully saturated rings. The van der Waals surface area contributed by atoms with Crippen molar-refractivity contribution in [1.29, 1.82) is 0 Å². The lowest BCUT2D eigenvalue weighted by Crippen LogP contribution is -2.04. The Hall–Kier alpha value is -5.24. The van der Waals surface area contributed by atoms with E-state index < -0.39 is 11.9 Å². The van der Waals surface area contributed by atoms with Crippen LogP contribution in [0, 0.1) is 0 Å². The summed E-state index contributed by atoms with van der Waals surface area (Å²) < 4.78 is 39.3. The Balaban J connectivity index is 1.44. The van der Waals surface area contributed by atoms with Crippen molar-refractivity contribution >= 4 is 0 Å². The number of aromatic amines is 1. The Morgan fingerprint density at radius 2 is 0.950 bits per heavy atom. The van der Waals surface area contributed by atoms with Gasteiger partial charge in [0, 0.05) is 16.7 Å². The Morgan fingerprint density at radius 1 is 0.500 bits per heavy atom. The molecular weight excluding hydrogens is 513 g/mol. The summed E-state index contributed by atoms with van der Waals surface area (Å²) in [5.41, 5.74) is 5.58. The average molecular weight is 535 g/mol.